The first-order valence-electron chi connectivity index (χ1n) is 5.62. The summed E-state index contributed by atoms with van der Waals surface area (Å²) in [6, 6.07) is 0. The molecule has 0 unspecified atom stereocenters. The summed E-state index contributed by atoms with van der Waals surface area (Å²) < 4.78 is 36.1. The van der Waals surface area contributed by atoms with Gasteiger partial charge in [-0.15, -0.1) is 0 Å². The van der Waals surface area contributed by atoms with Gasteiger partial charge in [0.05, 0.1) is 6.42 Å². The molecule has 0 saturated carbocycles. The lowest BCUT2D eigenvalue weighted by Gasteiger charge is -2.46. The van der Waals surface area contributed by atoms with Gasteiger partial charge in [-0.25, -0.2) is 0 Å². The van der Waals surface area contributed by atoms with Crippen molar-refractivity contribution in [2.75, 3.05) is 7.05 Å². The van der Waals surface area contributed by atoms with Crippen molar-refractivity contribution in [2.45, 2.75) is 59.2 Å². The van der Waals surface area contributed by atoms with E-state index >= 15 is 0 Å². The maximum absolute atomic E-state index is 12.0. The molecule has 0 aromatic carbocycles. The lowest BCUT2D eigenvalue weighted by atomic mass is 9.75. The van der Waals surface area contributed by atoms with Crippen LogP contribution in [0.2, 0.25) is 0 Å². The molecule has 0 fully saturated rings. The number of hydrogen-bond donors (Lipinski definition) is 0. The summed E-state index contributed by atoms with van der Waals surface area (Å²) in [6.07, 6.45) is -5.82. The summed E-state index contributed by atoms with van der Waals surface area (Å²) in [6.45, 7) is 9.60. The molecule has 0 aliphatic carbocycles. The highest BCUT2D eigenvalue weighted by Gasteiger charge is 2.39. The average molecular weight is 253 g/mol. The Morgan fingerprint density at radius 2 is 1.47 bits per heavy atom. The zero-order chi connectivity index (χ0) is 14.1. The third kappa shape index (κ3) is 4.56. The fourth-order valence-electron chi connectivity index (χ4n) is 1.23. The van der Waals surface area contributed by atoms with Gasteiger partial charge in [-0.1, -0.05) is 20.8 Å². The number of halogens is 3. The lowest BCUT2D eigenvalue weighted by Crippen LogP contribution is -2.53. The number of nitrogens with zero attached hydrogens (tertiary/aromatic N) is 1. The summed E-state index contributed by atoms with van der Waals surface area (Å²) in [5, 5.41) is 0. The zero-order valence-electron chi connectivity index (χ0n) is 11.4. The molecular formula is C12H22F3NO. The minimum absolute atomic E-state index is 0.199. The van der Waals surface area contributed by atoms with Gasteiger partial charge in [-0.3, -0.25) is 4.79 Å². The molecule has 0 heterocycles. The second kappa shape index (κ2) is 4.86. The van der Waals surface area contributed by atoms with Gasteiger partial charge in [-0.2, -0.15) is 13.2 Å². The molecule has 0 saturated heterocycles. The van der Waals surface area contributed by atoms with E-state index < -0.39 is 30.5 Å². The number of alkyl halides is 3. The van der Waals surface area contributed by atoms with Crippen LogP contribution in [0.5, 0.6) is 0 Å². The molecule has 5 heteroatoms. The van der Waals surface area contributed by atoms with E-state index in [1.54, 1.807) is 7.05 Å². The molecule has 0 rings (SSSR count). The van der Waals surface area contributed by atoms with Crippen LogP contribution >= 0.6 is 0 Å². The second-order valence-corrected chi connectivity index (χ2v) is 5.88. The van der Waals surface area contributed by atoms with E-state index in [0.29, 0.717) is 0 Å². The van der Waals surface area contributed by atoms with E-state index in [0.717, 1.165) is 0 Å². The number of carbonyl (C=O) groups excluding carboxylic acids is 1. The van der Waals surface area contributed by atoms with Crippen LogP contribution in [0.15, 0.2) is 0 Å². The summed E-state index contributed by atoms with van der Waals surface area (Å²) >= 11 is 0. The maximum Gasteiger partial charge on any atom is 0.389 e. The molecule has 0 N–H and O–H groups in total. The smallest absolute Gasteiger partial charge is 0.340 e. The normalized spacial score (nSPS) is 13.7. The van der Waals surface area contributed by atoms with E-state index in [1.165, 1.54) is 4.90 Å². The van der Waals surface area contributed by atoms with Crippen LogP contribution in [-0.4, -0.2) is 29.6 Å². The van der Waals surface area contributed by atoms with Crippen LogP contribution in [-0.2, 0) is 4.79 Å². The molecule has 17 heavy (non-hydrogen) atoms. The lowest BCUT2D eigenvalue weighted by molar-refractivity contribution is -0.153. The highest BCUT2D eigenvalue weighted by atomic mass is 19.4. The zero-order valence-corrected chi connectivity index (χ0v) is 11.4. The van der Waals surface area contributed by atoms with Gasteiger partial charge in [0.25, 0.3) is 0 Å². The van der Waals surface area contributed by atoms with Crippen molar-refractivity contribution < 1.29 is 18.0 Å². The van der Waals surface area contributed by atoms with E-state index in [-0.39, 0.29) is 5.41 Å². The van der Waals surface area contributed by atoms with Crippen molar-refractivity contribution in [2.24, 2.45) is 5.41 Å². The monoisotopic (exact) mass is 253 g/mol. The first kappa shape index (κ1) is 16.3. The molecule has 0 radical (unpaired) electrons. The van der Waals surface area contributed by atoms with Crippen LogP contribution in [0.4, 0.5) is 13.2 Å². The van der Waals surface area contributed by atoms with Gasteiger partial charge in [-0.05, 0) is 19.3 Å². The third-order valence-corrected chi connectivity index (χ3v) is 3.67. The molecule has 2 nitrogen and oxygen atoms in total. The predicted octanol–water partition coefficient (Wildman–Crippen LogP) is 3.61. The van der Waals surface area contributed by atoms with Gasteiger partial charge >= 0.3 is 6.18 Å². The van der Waals surface area contributed by atoms with Crippen molar-refractivity contribution in [3.05, 3.63) is 0 Å². The number of rotatable bonds is 3. The third-order valence-electron chi connectivity index (χ3n) is 3.67. The summed E-state index contributed by atoms with van der Waals surface area (Å²) in [5.41, 5.74) is -0.689. The number of hydrogen-bond acceptors (Lipinski definition) is 1. The number of amides is 1. The summed E-state index contributed by atoms with van der Waals surface area (Å²) in [7, 11) is 1.56. The van der Waals surface area contributed by atoms with Crippen LogP contribution < -0.4 is 0 Å². The first-order valence-corrected chi connectivity index (χ1v) is 5.62. The Morgan fingerprint density at radius 3 is 1.76 bits per heavy atom. The molecule has 0 spiro atoms. The van der Waals surface area contributed by atoms with Crippen LogP contribution in [0, 0.1) is 5.41 Å². The van der Waals surface area contributed by atoms with Crippen LogP contribution in [0.3, 0.4) is 0 Å². The van der Waals surface area contributed by atoms with E-state index in [1.807, 2.05) is 34.6 Å². The topological polar surface area (TPSA) is 20.3 Å². The van der Waals surface area contributed by atoms with Crippen molar-refractivity contribution in [1.82, 2.24) is 4.90 Å². The Labute approximate surface area is 101 Å². The largest absolute Gasteiger partial charge is 0.389 e. The van der Waals surface area contributed by atoms with E-state index in [9.17, 15) is 18.0 Å². The molecule has 0 aromatic heterocycles. The molecule has 1 amide bonds. The Bertz CT molecular complexity index is 276. The summed E-state index contributed by atoms with van der Waals surface area (Å²) in [4.78, 5) is 13.1. The van der Waals surface area contributed by atoms with E-state index in [2.05, 4.69) is 0 Å². The Hall–Kier alpha value is -0.740. The number of carbonyl (C=O) groups is 1. The maximum atomic E-state index is 12.0. The Morgan fingerprint density at radius 1 is 1.06 bits per heavy atom. The molecule has 0 aromatic rings. The SMILES string of the molecule is CN(C(=O)CCC(F)(F)F)C(C)(C)C(C)(C)C. The van der Waals surface area contributed by atoms with Gasteiger partial charge in [0.2, 0.25) is 5.91 Å². The van der Waals surface area contributed by atoms with Gasteiger partial charge in [0, 0.05) is 19.0 Å². The minimum atomic E-state index is -4.28. The molecule has 0 aliphatic heterocycles. The van der Waals surface area contributed by atoms with Crippen molar-refractivity contribution in [3.63, 3.8) is 0 Å². The quantitative estimate of drug-likeness (QED) is 0.752. The van der Waals surface area contributed by atoms with Crippen molar-refractivity contribution in [1.29, 1.82) is 0 Å². The fraction of sp³-hybridized carbons (Fsp3) is 0.917. The average Bonchev–Trinajstić information content (AvgIpc) is 2.09. The Kier molecular flexibility index (Phi) is 4.65. The standard InChI is InChI=1S/C12H22F3NO/c1-10(2,3)11(4,5)16(6)9(17)7-8-12(13,14)15/h7-8H2,1-6H3. The van der Waals surface area contributed by atoms with Gasteiger partial charge < -0.3 is 4.90 Å². The van der Waals surface area contributed by atoms with Crippen LogP contribution in [0.25, 0.3) is 0 Å². The van der Waals surface area contributed by atoms with Crippen molar-refractivity contribution >= 4 is 5.91 Å². The van der Waals surface area contributed by atoms with Gasteiger partial charge in [0.15, 0.2) is 0 Å². The first-order chi connectivity index (χ1) is 7.29. The highest BCUT2D eigenvalue weighted by molar-refractivity contribution is 5.76. The van der Waals surface area contributed by atoms with Gasteiger partial charge in [0.1, 0.15) is 0 Å². The second-order valence-electron chi connectivity index (χ2n) is 5.88. The van der Waals surface area contributed by atoms with Crippen LogP contribution in [0.1, 0.15) is 47.5 Å². The Balaban J connectivity index is 4.62. The molecular weight excluding hydrogens is 231 g/mol. The molecule has 0 atom stereocenters. The molecule has 0 aliphatic rings. The minimum Gasteiger partial charge on any atom is -0.340 e. The fourth-order valence-corrected chi connectivity index (χ4v) is 1.23. The van der Waals surface area contributed by atoms with Crippen molar-refractivity contribution in [3.8, 4) is 0 Å². The summed E-state index contributed by atoms with van der Waals surface area (Å²) in [5.74, 6) is -0.470. The highest BCUT2D eigenvalue weighted by Crippen LogP contribution is 2.35. The predicted molar refractivity (Wildman–Crippen MR) is 61.6 cm³/mol. The molecule has 102 valence electrons. The molecule has 0 bridgehead atoms. The van der Waals surface area contributed by atoms with E-state index in [4.69, 9.17) is 0 Å².